The molecule has 2 saturated heterocycles. The Bertz CT molecular complexity index is 174. The van der Waals surface area contributed by atoms with Crippen LogP contribution in [0.25, 0.3) is 0 Å². The van der Waals surface area contributed by atoms with Gasteiger partial charge in [0, 0.05) is 25.8 Å². The van der Waals surface area contributed by atoms with Gasteiger partial charge in [-0.15, -0.1) is 0 Å². The van der Waals surface area contributed by atoms with Crippen molar-refractivity contribution in [3.05, 3.63) is 0 Å². The van der Waals surface area contributed by atoms with Crippen molar-refractivity contribution in [1.29, 1.82) is 0 Å². The molecule has 88 valence electrons. The van der Waals surface area contributed by atoms with Gasteiger partial charge >= 0.3 is 0 Å². The van der Waals surface area contributed by atoms with Crippen LogP contribution in [0.2, 0.25) is 0 Å². The zero-order valence-electron chi connectivity index (χ0n) is 9.71. The lowest BCUT2D eigenvalue weighted by atomic mass is 9.98. The van der Waals surface area contributed by atoms with Gasteiger partial charge in [0.25, 0.3) is 0 Å². The van der Waals surface area contributed by atoms with Gasteiger partial charge < -0.3 is 14.8 Å². The Morgan fingerprint density at radius 2 is 2.07 bits per heavy atom. The molecule has 0 saturated carbocycles. The lowest BCUT2D eigenvalue weighted by Crippen LogP contribution is -2.39. The van der Waals surface area contributed by atoms with E-state index in [0.29, 0.717) is 6.04 Å². The van der Waals surface area contributed by atoms with Gasteiger partial charge in [0.1, 0.15) is 0 Å². The van der Waals surface area contributed by atoms with Gasteiger partial charge in [-0.1, -0.05) is 0 Å². The summed E-state index contributed by atoms with van der Waals surface area (Å²) in [6.45, 7) is 7.18. The highest BCUT2D eigenvalue weighted by Gasteiger charge is 2.23. The number of nitrogens with one attached hydrogen (secondary N) is 1. The van der Waals surface area contributed by atoms with E-state index in [1.807, 2.05) is 0 Å². The summed E-state index contributed by atoms with van der Waals surface area (Å²) in [6.07, 6.45) is 3.77. The lowest BCUT2D eigenvalue weighted by Gasteiger charge is -2.26. The molecular formula is C12H23NO2. The molecule has 0 aromatic heterocycles. The molecule has 3 unspecified atom stereocenters. The Balaban J connectivity index is 1.63. The summed E-state index contributed by atoms with van der Waals surface area (Å²) >= 11 is 0. The molecule has 0 radical (unpaired) electrons. The summed E-state index contributed by atoms with van der Waals surface area (Å²) in [7, 11) is 0. The third-order valence-corrected chi connectivity index (χ3v) is 3.66. The predicted molar refractivity (Wildman–Crippen MR) is 59.9 cm³/mol. The monoisotopic (exact) mass is 213 g/mol. The van der Waals surface area contributed by atoms with E-state index in [9.17, 15) is 0 Å². The average molecular weight is 213 g/mol. The smallest absolute Gasteiger partial charge is 0.0509 e. The molecule has 0 bridgehead atoms. The van der Waals surface area contributed by atoms with E-state index in [2.05, 4.69) is 12.2 Å². The average Bonchev–Trinajstić information content (AvgIpc) is 2.81. The van der Waals surface area contributed by atoms with Gasteiger partial charge in [0.15, 0.2) is 0 Å². The summed E-state index contributed by atoms with van der Waals surface area (Å²) < 4.78 is 10.9. The molecule has 0 spiro atoms. The van der Waals surface area contributed by atoms with Gasteiger partial charge in [0.2, 0.25) is 0 Å². The minimum atomic E-state index is 0.592. The van der Waals surface area contributed by atoms with Crippen LogP contribution in [0.1, 0.15) is 26.2 Å². The fourth-order valence-electron chi connectivity index (χ4n) is 2.43. The van der Waals surface area contributed by atoms with Crippen LogP contribution >= 0.6 is 0 Å². The fraction of sp³-hybridized carbons (Fsp3) is 1.00. The molecule has 2 aliphatic rings. The minimum Gasteiger partial charge on any atom is -0.381 e. The van der Waals surface area contributed by atoms with Crippen LogP contribution < -0.4 is 5.32 Å². The summed E-state index contributed by atoms with van der Waals surface area (Å²) in [5.41, 5.74) is 0. The molecule has 2 aliphatic heterocycles. The van der Waals surface area contributed by atoms with Crippen molar-refractivity contribution < 1.29 is 9.47 Å². The van der Waals surface area contributed by atoms with E-state index >= 15 is 0 Å². The molecular weight excluding hydrogens is 190 g/mol. The second kappa shape index (κ2) is 5.83. The SMILES string of the molecule is CC(NCC1CCCOC1)C1CCOC1. The first-order chi connectivity index (χ1) is 7.36. The molecule has 0 aromatic rings. The fourth-order valence-corrected chi connectivity index (χ4v) is 2.43. The molecule has 2 fully saturated rings. The largest absolute Gasteiger partial charge is 0.381 e. The summed E-state index contributed by atoms with van der Waals surface area (Å²) in [4.78, 5) is 0. The number of hydrogen-bond acceptors (Lipinski definition) is 3. The lowest BCUT2D eigenvalue weighted by molar-refractivity contribution is 0.0530. The molecule has 0 aromatic carbocycles. The summed E-state index contributed by atoms with van der Waals surface area (Å²) in [6, 6.07) is 0.592. The normalized spacial score (nSPS) is 34.2. The van der Waals surface area contributed by atoms with Crippen LogP contribution in [0.15, 0.2) is 0 Å². The van der Waals surface area contributed by atoms with E-state index in [1.165, 1.54) is 19.3 Å². The van der Waals surface area contributed by atoms with Crippen LogP contribution in [-0.4, -0.2) is 39.0 Å². The van der Waals surface area contributed by atoms with Crippen molar-refractivity contribution in [3.8, 4) is 0 Å². The maximum absolute atomic E-state index is 5.48. The number of ether oxygens (including phenoxy) is 2. The van der Waals surface area contributed by atoms with Crippen molar-refractivity contribution in [2.75, 3.05) is 33.0 Å². The first-order valence-electron chi connectivity index (χ1n) is 6.25. The maximum Gasteiger partial charge on any atom is 0.0509 e. The Morgan fingerprint density at radius 3 is 2.73 bits per heavy atom. The van der Waals surface area contributed by atoms with Crippen molar-refractivity contribution >= 4 is 0 Å². The number of hydrogen-bond donors (Lipinski definition) is 1. The molecule has 0 amide bonds. The van der Waals surface area contributed by atoms with Crippen LogP contribution in [0.5, 0.6) is 0 Å². The van der Waals surface area contributed by atoms with E-state index in [1.54, 1.807) is 0 Å². The van der Waals surface area contributed by atoms with Gasteiger partial charge in [-0.3, -0.25) is 0 Å². The topological polar surface area (TPSA) is 30.5 Å². The summed E-state index contributed by atoms with van der Waals surface area (Å²) in [5, 5.41) is 3.63. The molecule has 3 nitrogen and oxygen atoms in total. The van der Waals surface area contributed by atoms with Crippen molar-refractivity contribution in [1.82, 2.24) is 5.32 Å². The Hall–Kier alpha value is -0.120. The van der Waals surface area contributed by atoms with Crippen molar-refractivity contribution in [2.45, 2.75) is 32.2 Å². The first kappa shape index (κ1) is 11.4. The molecule has 2 rings (SSSR count). The zero-order chi connectivity index (χ0) is 10.5. The Labute approximate surface area is 92.5 Å². The van der Waals surface area contributed by atoms with Crippen LogP contribution in [0, 0.1) is 11.8 Å². The highest BCUT2D eigenvalue weighted by atomic mass is 16.5. The van der Waals surface area contributed by atoms with Crippen molar-refractivity contribution in [3.63, 3.8) is 0 Å². The Kier molecular flexibility index (Phi) is 4.42. The second-order valence-corrected chi connectivity index (χ2v) is 4.90. The molecule has 1 N–H and O–H groups in total. The third kappa shape index (κ3) is 3.44. The van der Waals surface area contributed by atoms with Crippen molar-refractivity contribution in [2.24, 2.45) is 11.8 Å². The van der Waals surface area contributed by atoms with Gasteiger partial charge in [-0.2, -0.15) is 0 Å². The first-order valence-corrected chi connectivity index (χ1v) is 6.25. The highest BCUT2D eigenvalue weighted by molar-refractivity contribution is 4.77. The third-order valence-electron chi connectivity index (χ3n) is 3.66. The van der Waals surface area contributed by atoms with E-state index < -0.39 is 0 Å². The zero-order valence-corrected chi connectivity index (χ0v) is 9.71. The molecule has 2 heterocycles. The number of rotatable bonds is 4. The molecule has 15 heavy (non-hydrogen) atoms. The minimum absolute atomic E-state index is 0.592. The van der Waals surface area contributed by atoms with Crippen LogP contribution in [0.3, 0.4) is 0 Å². The standard InChI is InChI=1S/C12H23NO2/c1-10(12-4-6-15-9-12)13-7-11-3-2-5-14-8-11/h10-13H,2-9H2,1H3. The van der Waals surface area contributed by atoms with E-state index in [-0.39, 0.29) is 0 Å². The second-order valence-electron chi connectivity index (χ2n) is 4.90. The molecule has 3 heteroatoms. The van der Waals surface area contributed by atoms with Gasteiger partial charge in [-0.05, 0) is 38.0 Å². The van der Waals surface area contributed by atoms with E-state index in [0.717, 1.165) is 44.8 Å². The van der Waals surface area contributed by atoms with Gasteiger partial charge in [-0.25, -0.2) is 0 Å². The Morgan fingerprint density at radius 1 is 1.20 bits per heavy atom. The quantitative estimate of drug-likeness (QED) is 0.766. The summed E-state index contributed by atoms with van der Waals surface area (Å²) in [5.74, 6) is 1.44. The van der Waals surface area contributed by atoms with E-state index in [4.69, 9.17) is 9.47 Å². The highest BCUT2D eigenvalue weighted by Crippen LogP contribution is 2.17. The molecule has 3 atom stereocenters. The molecule has 0 aliphatic carbocycles. The van der Waals surface area contributed by atoms with Crippen LogP contribution in [-0.2, 0) is 9.47 Å². The van der Waals surface area contributed by atoms with Gasteiger partial charge in [0.05, 0.1) is 13.2 Å². The maximum atomic E-state index is 5.48. The van der Waals surface area contributed by atoms with Crippen LogP contribution in [0.4, 0.5) is 0 Å². The predicted octanol–water partition coefficient (Wildman–Crippen LogP) is 1.43.